The Labute approximate surface area is 635 Å². The van der Waals surface area contributed by atoms with Crippen LogP contribution in [0.25, 0.3) is 0 Å². The predicted octanol–water partition coefficient (Wildman–Crippen LogP) is 22.5. The molecule has 2 aromatic rings. The molecule has 0 bridgehead atoms. The minimum absolute atomic E-state index is 0.0405. The van der Waals surface area contributed by atoms with Gasteiger partial charge in [0.1, 0.15) is 24.7 Å². The van der Waals surface area contributed by atoms with Crippen LogP contribution in [0.15, 0.2) is 36.4 Å². The van der Waals surface area contributed by atoms with Gasteiger partial charge < -0.3 is 38.2 Å². The Morgan fingerprint density at radius 2 is 0.886 bits per heavy atom. The number of halogens is 12. The molecular weight excluding hydrogens is 1460 g/mol. The molecule has 0 aliphatic heterocycles. The first-order valence-corrected chi connectivity index (χ1v) is 43.5. The first-order chi connectivity index (χ1) is 49.3. The second-order valence-corrected chi connectivity index (χ2v) is 39.5. The number of aryl methyl sites for hydroxylation is 2. The quantitative estimate of drug-likeness (QED) is 0.0208. The van der Waals surface area contributed by atoms with E-state index in [1.54, 1.807) is 0 Å². The second-order valence-electron chi connectivity index (χ2n) is 33.2. The van der Waals surface area contributed by atoms with Gasteiger partial charge in [-0.15, -0.1) is 0 Å². The molecule has 0 N–H and O–H groups in total. The van der Waals surface area contributed by atoms with E-state index in [-0.39, 0.29) is 72.4 Å². The number of unbranched alkanes of at least 4 members (excludes halogenated alkanes) is 4. The SMILES string of the molecule is CC(CCCCSSC(C)(C)CCN(C)CCOc1ccc2c(c1)CCC1C2CCC2(C)C(OCCCOC(C)(C(F)(F)F)C(F)(F)F)CCC12)COOCCCCCCSSC(C)(C)CCN(C)CCOc1ccc2c(c1)CCC1C2CCC2(C)C(OCCCOC(C)(C(F)(F)F)C(F)(F)F)CCC12. The molecule has 0 amide bonds. The molecule has 0 spiro atoms. The molecule has 4 saturated carbocycles. The van der Waals surface area contributed by atoms with Crippen LogP contribution < -0.4 is 9.47 Å². The van der Waals surface area contributed by atoms with Gasteiger partial charge in [0.05, 0.1) is 38.6 Å². The molecule has 4 fully saturated rings. The zero-order valence-electron chi connectivity index (χ0n) is 64.2. The van der Waals surface area contributed by atoms with E-state index >= 15 is 0 Å². The van der Waals surface area contributed by atoms with Crippen LogP contribution >= 0.6 is 43.2 Å². The third-order valence-electron chi connectivity index (χ3n) is 24.4. The van der Waals surface area contributed by atoms with Crippen LogP contribution in [-0.4, -0.2) is 172 Å². The maximum atomic E-state index is 13.3. The largest absolute Gasteiger partial charge is 0.492 e. The lowest BCUT2D eigenvalue weighted by Gasteiger charge is -2.50. The molecule has 8 rings (SSSR count). The summed E-state index contributed by atoms with van der Waals surface area (Å²) < 4.78 is 193. The molecular formula is C79H122F12N2O8S4. The van der Waals surface area contributed by atoms with Gasteiger partial charge in [-0.25, -0.2) is 9.78 Å². The summed E-state index contributed by atoms with van der Waals surface area (Å²) in [5, 5.41) is 0. The summed E-state index contributed by atoms with van der Waals surface area (Å²) in [4.78, 5) is 15.9. The van der Waals surface area contributed by atoms with Crippen molar-refractivity contribution in [2.24, 2.45) is 40.4 Å². The molecule has 604 valence electrons. The Hall–Kier alpha value is -1.72. The molecule has 11 unspecified atom stereocenters. The Morgan fingerprint density at radius 1 is 0.467 bits per heavy atom. The number of fused-ring (bicyclic) bond motifs is 10. The van der Waals surface area contributed by atoms with Crippen LogP contribution in [0.2, 0.25) is 0 Å². The zero-order valence-corrected chi connectivity index (χ0v) is 67.4. The third-order valence-corrected chi connectivity index (χ3v) is 31.3. The summed E-state index contributed by atoms with van der Waals surface area (Å²) in [7, 11) is 12.3. The summed E-state index contributed by atoms with van der Waals surface area (Å²) in [6.45, 7) is 21.0. The zero-order chi connectivity index (χ0) is 76.7. The Bertz CT molecular complexity index is 2920. The standard InChI is InChI=1S/C79H122F12N2O8S4/c1-55(20-14-17-51-103-105-71(4,5)38-40-93(11)42-49-95-59-24-28-61-57(53-59)22-26-65-63(61)34-36-73(7)67(65)30-32-69(73)97-44-19-46-99-75(9,78(86,87)88)79(89,90)91)54-101-100-47-15-12-13-16-50-102-104-70(2,3)37-39-92(10)41-48-94-58-23-27-60-56(52-58)21-25-64-62(60)33-35-72(6)66(64)29-31-68(72)96-43-18-45-98-74(8,76(80,81)82)77(83,84)85/h23-24,27-28,52-53,55,62-69H,12-22,25-26,29-51,54H2,1-11H3. The van der Waals surface area contributed by atoms with Crippen molar-refractivity contribution in [3.8, 4) is 11.5 Å². The molecule has 6 aliphatic carbocycles. The highest BCUT2D eigenvalue weighted by atomic mass is 33.1. The van der Waals surface area contributed by atoms with Crippen molar-refractivity contribution in [3.05, 3.63) is 58.7 Å². The van der Waals surface area contributed by atoms with Crippen molar-refractivity contribution >= 4 is 43.2 Å². The number of nitrogens with zero attached hydrogens (tertiary/aromatic N) is 2. The first kappa shape index (κ1) is 88.8. The van der Waals surface area contributed by atoms with Gasteiger partial charge in [0, 0.05) is 47.3 Å². The molecule has 105 heavy (non-hydrogen) atoms. The topological polar surface area (TPSA) is 80.3 Å². The van der Waals surface area contributed by atoms with E-state index in [1.165, 1.54) is 47.9 Å². The van der Waals surface area contributed by atoms with Crippen LogP contribution in [0.5, 0.6) is 11.5 Å². The van der Waals surface area contributed by atoms with Crippen molar-refractivity contribution in [2.45, 2.75) is 279 Å². The minimum atomic E-state index is -5.57. The van der Waals surface area contributed by atoms with Gasteiger partial charge in [-0.2, -0.15) is 52.7 Å². The normalized spacial score (nSPS) is 25.6. The van der Waals surface area contributed by atoms with E-state index in [0.29, 0.717) is 67.9 Å². The molecule has 0 aromatic heterocycles. The van der Waals surface area contributed by atoms with Crippen molar-refractivity contribution in [1.29, 1.82) is 0 Å². The van der Waals surface area contributed by atoms with Gasteiger partial charge in [-0.1, -0.05) is 95.3 Å². The smallest absolute Gasteiger partial charge is 0.426 e. The predicted molar refractivity (Wildman–Crippen MR) is 401 cm³/mol. The maximum Gasteiger partial charge on any atom is 0.426 e. The van der Waals surface area contributed by atoms with E-state index in [1.807, 2.05) is 43.2 Å². The minimum Gasteiger partial charge on any atom is -0.492 e. The van der Waals surface area contributed by atoms with Gasteiger partial charge in [0.15, 0.2) is 0 Å². The van der Waals surface area contributed by atoms with Crippen molar-refractivity contribution in [2.75, 3.05) is 105 Å². The van der Waals surface area contributed by atoms with Gasteiger partial charge in [0.25, 0.3) is 11.2 Å². The van der Waals surface area contributed by atoms with Gasteiger partial charge >= 0.3 is 24.7 Å². The molecule has 26 heteroatoms. The monoisotopic (exact) mass is 1580 g/mol. The average molecular weight is 1580 g/mol. The first-order valence-electron chi connectivity index (χ1n) is 38.8. The number of hydrogen-bond acceptors (Lipinski definition) is 14. The van der Waals surface area contributed by atoms with Crippen molar-refractivity contribution < 1.29 is 90.9 Å². The lowest BCUT2D eigenvalue weighted by Crippen LogP contribution is -2.56. The maximum absolute atomic E-state index is 13.3. The summed E-state index contributed by atoms with van der Waals surface area (Å²) in [5.74, 6) is 7.30. The number of ether oxygens (including phenoxy) is 6. The average Bonchev–Trinajstić information content (AvgIpc) is 1.49. The highest BCUT2D eigenvalue weighted by Crippen LogP contribution is 2.64. The molecule has 0 heterocycles. The van der Waals surface area contributed by atoms with Gasteiger partial charge in [-0.05, 0) is 296 Å². The molecule has 6 aliphatic rings. The molecule has 2 aromatic carbocycles. The highest BCUT2D eigenvalue weighted by Gasteiger charge is 2.70. The molecule has 10 nitrogen and oxygen atoms in total. The van der Waals surface area contributed by atoms with Crippen LogP contribution in [0, 0.1) is 40.4 Å². The Balaban J connectivity index is 0.577. The molecule has 0 radical (unpaired) electrons. The number of rotatable bonds is 45. The van der Waals surface area contributed by atoms with Crippen LogP contribution in [0.1, 0.15) is 231 Å². The van der Waals surface area contributed by atoms with E-state index in [0.717, 1.165) is 158 Å². The van der Waals surface area contributed by atoms with Crippen molar-refractivity contribution in [3.63, 3.8) is 0 Å². The fraction of sp³-hybridized carbons (Fsp3) is 0.848. The van der Waals surface area contributed by atoms with Gasteiger partial charge in [0.2, 0.25) is 0 Å². The summed E-state index contributed by atoms with van der Waals surface area (Å²) in [5.41, 5.74) is -3.06. The fourth-order valence-electron chi connectivity index (χ4n) is 17.4. The third kappa shape index (κ3) is 23.9. The van der Waals surface area contributed by atoms with Crippen LogP contribution in [0.3, 0.4) is 0 Å². The number of benzene rings is 2. The number of likely N-dealkylation sites (N-methyl/N-ethyl adjacent to an activating group) is 2. The lowest BCUT2D eigenvalue weighted by molar-refractivity contribution is -0.374. The van der Waals surface area contributed by atoms with Crippen LogP contribution in [-0.2, 0) is 41.6 Å². The summed E-state index contributed by atoms with van der Waals surface area (Å²) >= 11 is 0. The van der Waals surface area contributed by atoms with Gasteiger partial charge in [-0.3, -0.25) is 0 Å². The molecule has 11 atom stereocenters. The molecule has 0 saturated heterocycles. The fourth-order valence-corrected chi connectivity index (χ4v) is 22.8. The van der Waals surface area contributed by atoms with E-state index in [2.05, 4.69) is 118 Å². The summed E-state index contributed by atoms with van der Waals surface area (Å²) in [6.07, 6.45) is -0.755. The Kier molecular flexibility index (Phi) is 32.9. The van der Waals surface area contributed by atoms with E-state index in [9.17, 15) is 52.7 Å². The summed E-state index contributed by atoms with van der Waals surface area (Å²) in [6, 6.07) is 13.2. The van der Waals surface area contributed by atoms with Crippen LogP contribution in [0.4, 0.5) is 52.7 Å². The Morgan fingerprint density at radius 3 is 1.31 bits per heavy atom. The van der Waals surface area contributed by atoms with E-state index in [4.69, 9.17) is 28.7 Å². The highest BCUT2D eigenvalue weighted by molar-refractivity contribution is 8.77. The lowest BCUT2D eigenvalue weighted by atomic mass is 9.55. The van der Waals surface area contributed by atoms with Crippen molar-refractivity contribution in [1.82, 2.24) is 9.80 Å². The number of alkyl halides is 12. The van der Waals surface area contributed by atoms with E-state index < -0.39 is 49.1 Å². The second kappa shape index (κ2) is 38.9. The number of hydrogen-bond donors (Lipinski definition) is 0.